The lowest BCUT2D eigenvalue weighted by Crippen LogP contribution is -2.45. The average Bonchev–Trinajstić information content (AvgIpc) is 3.07. The second-order valence-corrected chi connectivity index (χ2v) is 13.0. The van der Waals surface area contributed by atoms with Crippen molar-refractivity contribution in [2.45, 2.75) is 78.0 Å². The normalized spacial score (nSPS) is 15.5. The molecule has 1 aliphatic carbocycles. The van der Waals surface area contributed by atoms with Crippen LogP contribution < -0.4 is 20.1 Å². The monoisotopic (exact) mass is 702 g/mol. The zero-order valence-corrected chi connectivity index (χ0v) is 29.0. The van der Waals surface area contributed by atoms with Gasteiger partial charge < -0.3 is 24.8 Å². The summed E-state index contributed by atoms with van der Waals surface area (Å²) >= 11 is 0. The minimum atomic E-state index is -0.715. The molecule has 6 N–H and O–H groups in total. The molecular formula is C36H42N6O9. The molecule has 270 valence electrons. The number of benzene rings is 3. The summed E-state index contributed by atoms with van der Waals surface area (Å²) in [4.78, 5) is 48.6. The lowest BCUT2D eigenvalue weighted by Gasteiger charge is -2.30. The van der Waals surface area contributed by atoms with Crippen LogP contribution in [0.4, 0.5) is 4.79 Å². The fraction of sp³-hybridized carbons (Fsp3) is 0.333. The van der Waals surface area contributed by atoms with Crippen molar-refractivity contribution < 1.29 is 43.8 Å². The fourth-order valence-electron chi connectivity index (χ4n) is 5.14. The molecule has 0 saturated heterocycles. The molecule has 0 aliphatic heterocycles. The van der Waals surface area contributed by atoms with Gasteiger partial charge in [-0.3, -0.25) is 35.6 Å². The van der Waals surface area contributed by atoms with Crippen LogP contribution in [0.5, 0.6) is 23.0 Å². The van der Waals surface area contributed by atoms with E-state index in [-0.39, 0.29) is 56.3 Å². The summed E-state index contributed by atoms with van der Waals surface area (Å²) < 4.78 is 17.4. The first-order valence-corrected chi connectivity index (χ1v) is 16.2. The van der Waals surface area contributed by atoms with Gasteiger partial charge in [-0.1, -0.05) is 0 Å². The summed E-state index contributed by atoms with van der Waals surface area (Å²) in [6.07, 6.45) is 2.11. The lowest BCUT2D eigenvalue weighted by molar-refractivity contribution is -0.147. The Morgan fingerprint density at radius 2 is 1.04 bits per heavy atom. The van der Waals surface area contributed by atoms with Gasteiger partial charge in [-0.25, -0.2) is 4.79 Å². The van der Waals surface area contributed by atoms with Crippen molar-refractivity contribution in [1.82, 2.24) is 20.8 Å². The van der Waals surface area contributed by atoms with Gasteiger partial charge in [-0.2, -0.15) is 10.1 Å². The Morgan fingerprint density at radius 1 is 0.647 bits per heavy atom. The zero-order chi connectivity index (χ0) is 37.5. The first-order chi connectivity index (χ1) is 24.0. The predicted octanol–water partition coefficient (Wildman–Crippen LogP) is 5.96. The van der Waals surface area contributed by atoms with Crippen molar-refractivity contribution in [2.24, 2.45) is 0 Å². The number of alkyl carbamates (subject to hydrolysis) is 1. The zero-order valence-electron chi connectivity index (χ0n) is 29.0. The van der Waals surface area contributed by atoms with Crippen molar-refractivity contribution in [2.75, 3.05) is 0 Å². The second kappa shape index (κ2) is 16.3. The van der Waals surface area contributed by atoms with E-state index < -0.39 is 35.2 Å². The van der Waals surface area contributed by atoms with E-state index in [9.17, 15) is 29.6 Å². The van der Waals surface area contributed by atoms with Gasteiger partial charge in [0.05, 0.1) is 0 Å². The van der Waals surface area contributed by atoms with Gasteiger partial charge >= 0.3 is 6.09 Å². The van der Waals surface area contributed by atoms with Crippen molar-refractivity contribution in [3.63, 3.8) is 0 Å². The van der Waals surface area contributed by atoms with E-state index in [1.807, 2.05) is 0 Å². The maximum atomic E-state index is 13.5. The number of amidine groups is 2. The SMILES string of the molecule is CC(=O)N(O)C(=N)c1ccc(Oc2cc(Oc3ccc(C(=N)N(O)C(C)=O)cc3)cc(C(=O)NC3CCC(NC(=O)OC(C)(C)C)CC3)c2)cc1. The quantitative estimate of drug-likeness (QED) is 0.0670. The third-order valence-corrected chi connectivity index (χ3v) is 7.67. The molecule has 1 saturated carbocycles. The van der Waals surface area contributed by atoms with Crippen LogP contribution in [0.1, 0.15) is 81.8 Å². The number of ether oxygens (including phenoxy) is 3. The number of carbonyl (C=O) groups is 4. The highest BCUT2D eigenvalue weighted by molar-refractivity contribution is 6.05. The number of nitrogens with one attached hydrogen (secondary N) is 4. The molecule has 15 nitrogen and oxygen atoms in total. The minimum Gasteiger partial charge on any atom is -0.457 e. The summed E-state index contributed by atoms with van der Waals surface area (Å²) in [6, 6.07) is 16.5. The van der Waals surface area contributed by atoms with Gasteiger partial charge in [0.1, 0.15) is 28.6 Å². The molecule has 4 rings (SSSR count). The van der Waals surface area contributed by atoms with E-state index in [1.54, 1.807) is 39.0 Å². The van der Waals surface area contributed by atoms with Gasteiger partial charge in [0, 0.05) is 48.7 Å². The number of hydrogen-bond donors (Lipinski definition) is 6. The van der Waals surface area contributed by atoms with Crippen LogP contribution in [0.25, 0.3) is 0 Å². The Hall–Kier alpha value is -5.80. The Labute approximate surface area is 295 Å². The molecule has 3 aromatic carbocycles. The third-order valence-electron chi connectivity index (χ3n) is 7.67. The van der Waals surface area contributed by atoms with E-state index >= 15 is 0 Å². The van der Waals surface area contributed by atoms with Crippen LogP contribution >= 0.6 is 0 Å². The van der Waals surface area contributed by atoms with Crippen molar-refractivity contribution in [3.05, 3.63) is 83.4 Å². The van der Waals surface area contributed by atoms with E-state index in [0.29, 0.717) is 37.2 Å². The smallest absolute Gasteiger partial charge is 0.407 e. The molecule has 0 unspecified atom stereocenters. The van der Waals surface area contributed by atoms with Crippen LogP contribution in [0, 0.1) is 10.8 Å². The van der Waals surface area contributed by atoms with Gasteiger partial charge in [-0.15, -0.1) is 0 Å². The molecule has 0 aromatic heterocycles. The molecule has 0 bridgehead atoms. The molecule has 15 heteroatoms. The van der Waals surface area contributed by atoms with Crippen LogP contribution in [0.3, 0.4) is 0 Å². The highest BCUT2D eigenvalue weighted by Crippen LogP contribution is 2.31. The van der Waals surface area contributed by atoms with E-state index in [4.69, 9.17) is 25.0 Å². The van der Waals surface area contributed by atoms with Crippen LogP contribution in [-0.2, 0) is 14.3 Å². The Kier molecular flexibility index (Phi) is 12.1. The summed E-state index contributed by atoms with van der Waals surface area (Å²) in [5.41, 5.74) is 0.158. The highest BCUT2D eigenvalue weighted by atomic mass is 16.6. The minimum absolute atomic E-state index is 0.0687. The molecule has 0 heterocycles. The molecule has 51 heavy (non-hydrogen) atoms. The standard InChI is InChI=1S/C36H42N6O9/c1-21(43)41(47)32(37)23-6-14-28(15-7-23)49-30-18-25(34(45)39-26-10-12-27(13-11-26)40-35(46)51-36(3,4)5)19-31(20-30)50-29-16-8-24(9-17-29)33(38)42(48)22(2)44/h6-9,14-20,26-27,37-38,47-48H,10-13H2,1-5H3,(H,39,45)(H,40,46). The van der Waals surface area contributed by atoms with Crippen molar-refractivity contribution >= 4 is 35.5 Å². The summed E-state index contributed by atoms with van der Waals surface area (Å²) in [6.45, 7) is 7.65. The van der Waals surface area contributed by atoms with Crippen LogP contribution in [-0.4, -0.2) is 73.7 Å². The molecule has 4 amide bonds. The number of amides is 4. The molecule has 1 aliphatic rings. The maximum absolute atomic E-state index is 13.5. The predicted molar refractivity (Wildman–Crippen MR) is 185 cm³/mol. The first kappa shape index (κ1) is 38.0. The van der Waals surface area contributed by atoms with Crippen molar-refractivity contribution in [1.29, 1.82) is 10.8 Å². The number of hydrogen-bond acceptors (Lipinski definition) is 11. The van der Waals surface area contributed by atoms with E-state index in [0.717, 1.165) is 13.8 Å². The number of nitrogens with zero attached hydrogens (tertiary/aromatic N) is 2. The topological polar surface area (TPSA) is 215 Å². The Bertz CT molecular complexity index is 1680. The Morgan fingerprint density at radius 3 is 1.41 bits per heavy atom. The van der Waals surface area contributed by atoms with Gasteiger partial charge in [0.25, 0.3) is 5.91 Å². The van der Waals surface area contributed by atoms with Gasteiger partial charge in [-0.05, 0) is 107 Å². The molecular weight excluding hydrogens is 660 g/mol. The van der Waals surface area contributed by atoms with E-state index in [2.05, 4.69) is 10.6 Å². The summed E-state index contributed by atoms with van der Waals surface area (Å²) in [7, 11) is 0. The number of hydroxylamine groups is 4. The first-order valence-electron chi connectivity index (χ1n) is 16.2. The van der Waals surface area contributed by atoms with Crippen LogP contribution in [0.15, 0.2) is 66.7 Å². The molecule has 3 aromatic rings. The summed E-state index contributed by atoms with van der Waals surface area (Å²) in [5.74, 6) is -1.47. The molecule has 0 atom stereocenters. The maximum Gasteiger partial charge on any atom is 0.407 e. The van der Waals surface area contributed by atoms with E-state index in [1.165, 1.54) is 48.5 Å². The van der Waals surface area contributed by atoms with Crippen molar-refractivity contribution in [3.8, 4) is 23.0 Å². The fourth-order valence-corrected chi connectivity index (χ4v) is 5.14. The lowest BCUT2D eigenvalue weighted by atomic mass is 9.91. The largest absolute Gasteiger partial charge is 0.457 e. The molecule has 0 spiro atoms. The van der Waals surface area contributed by atoms with Crippen LogP contribution in [0.2, 0.25) is 0 Å². The third kappa shape index (κ3) is 10.8. The second-order valence-electron chi connectivity index (χ2n) is 13.0. The number of carbonyl (C=O) groups excluding carboxylic acids is 4. The van der Waals surface area contributed by atoms with Gasteiger partial charge in [0.2, 0.25) is 11.8 Å². The number of rotatable bonds is 9. The highest BCUT2D eigenvalue weighted by Gasteiger charge is 2.26. The average molecular weight is 703 g/mol. The summed E-state index contributed by atoms with van der Waals surface area (Å²) in [5, 5.41) is 42.0. The van der Waals surface area contributed by atoms with Gasteiger partial charge in [0.15, 0.2) is 11.7 Å². The molecule has 0 radical (unpaired) electrons. The molecule has 1 fully saturated rings. The Balaban J connectivity index is 1.51.